The first-order valence-corrected chi connectivity index (χ1v) is 6.05. The molecule has 0 saturated heterocycles. The van der Waals surface area contributed by atoms with Gasteiger partial charge in [-0.15, -0.1) is 0 Å². The molecule has 6 N–H and O–H groups in total. The lowest BCUT2D eigenvalue weighted by Crippen LogP contribution is -2.44. The first-order chi connectivity index (χ1) is 9.22. The second-order valence-electron chi connectivity index (χ2n) is 4.75. The Bertz CT molecular complexity index is 519. The van der Waals surface area contributed by atoms with Gasteiger partial charge in [-0.25, -0.2) is 0 Å². The maximum Gasteiger partial charge on any atom is 0.271 e. The molecule has 20 heavy (non-hydrogen) atoms. The van der Waals surface area contributed by atoms with Crippen molar-refractivity contribution in [2.75, 3.05) is 18.8 Å². The van der Waals surface area contributed by atoms with Crippen LogP contribution in [0.1, 0.15) is 30.4 Å². The molecule has 0 saturated carbocycles. The summed E-state index contributed by atoms with van der Waals surface area (Å²) in [6, 6.07) is 1.48. The van der Waals surface area contributed by atoms with E-state index in [0.717, 1.165) is 4.90 Å². The van der Waals surface area contributed by atoms with Crippen LogP contribution < -0.4 is 17.2 Å². The van der Waals surface area contributed by atoms with Crippen LogP contribution in [-0.4, -0.2) is 40.3 Å². The van der Waals surface area contributed by atoms with E-state index in [-0.39, 0.29) is 24.8 Å². The summed E-state index contributed by atoms with van der Waals surface area (Å²) < 4.78 is 1.66. The van der Waals surface area contributed by atoms with Gasteiger partial charge in [-0.05, 0) is 19.9 Å². The van der Waals surface area contributed by atoms with Crippen molar-refractivity contribution < 1.29 is 14.4 Å². The van der Waals surface area contributed by atoms with Crippen LogP contribution in [0.15, 0.2) is 12.3 Å². The lowest BCUT2D eigenvalue weighted by molar-refractivity contribution is -0.121. The van der Waals surface area contributed by atoms with Crippen LogP contribution in [-0.2, 0) is 9.59 Å². The molecule has 0 aliphatic carbocycles. The predicted octanol–water partition coefficient (Wildman–Crippen LogP) is -0.936. The molecular formula is C12H19N5O3. The Morgan fingerprint density at radius 1 is 1.20 bits per heavy atom. The molecule has 0 radical (unpaired) electrons. The van der Waals surface area contributed by atoms with Gasteiger partial charge in [0.25, 0.3) is 5.91 Å². The van der Waals surface area contributed by atoms with E-state index in [2.05, 4.69) is 0 Å². The maximum atomic E-state index is 12.4. The number of carbonyl (C=O) groups is 3. The summed E-state index contributed by atoms with van der Waals surface area (Å²) in [4.78, 5) is 35.4. The molecule has 0 unspecified atom stereocenters. The third kappa shape index (κ3) is 3.74. The highest BCUT2D eigenvalue weighted by molar-refractivity contribution is 5.98. The van der Waals surface area contributed by atoms with E-state index in [1.54, 1.807) is 10.8 Å². The molecule has 1 aromatic rings. The SMILES string of the molecule is CC(C)n1cc(N)cc1C(=O)N(CC(N)=O)CC(N)=O. The van der Waals surface area contributed by atoms with Crippen molar-refractivity contribution >= 4 is 23.4 Å². The number of hydrogen-bond acceptors (Lipinski definition) is 4. The largest absolute Gasteiger partial charge is 0.397 e. The number of nitrogen functional groups attached to an aromatic ring is 1. The van der Waals surface area contributed by atoms with Crippen molar-refractivity contribution in [3.05, 3.63) is 18.0 Å². The molecule has 8 nitrogen and oxygen atoms in total. The summed E-state index contributed by atoms with van der Waals surface area (Å²) in [5.41, 5.74) is 16.5. The van der Waals surface area contributed by atoms with E-state index in [1.165, 1.54) is 6.07 Å². The average molecular weight is 281 g/mol. The van der Waals surface area contributed by atoms with Crippen LogP contribution in [0.5, 0.6) is 0 Å². The molecule has 8 heteroatoms. The summed E-state index contributed by atoms with van der Waals surface area (Å²) in [5.74, 6) is -1.97. The Labute approximate surface area is 116 Å². The quantitative estimate of drug-likeness (QED) is 0.619. The molecule has 0 bridgehead atoms. The average Bonchev–Trinajstić information content (AvgIpc) is 2.68. The minimum Gasteiger partial charge on any atom is -0.397 e. The highest BCUT2D eigenvalue weighted by Crippen LogP contribution is 2.18. The highest BCUT2D eigenvalue weighted by atomic mass is 16.2. The minimum atomic E-state index is -0.727. The first kappa shape index (κ1) is 15.5. The van der Waals surface area contributed by atoms with Gasteiger partial charge < -0.3 is 26.7 Å². The zero-order valence-electron chi connectivity index (χ0n) is 11.5. The van der Waals surface area contributed by atoms with Gasteiger partial charge in [-0.3, -0.25) is 14.4 Å². The van der Waals surface area contributed by atoms with Gasteiger partial charge in [-0.1, -0.05) is 0 Å². The van der Waals surface area contributed by atoms with Gasteiger partial charge in [0.05, 0.1) is 5.69 Å². The third-order valence-electron chi connectivity index (χ3n) is 2.63. The zero-order chi connectivity index (χ0) is 15.4. The Morgan fingerprint density at radius 2 is 1.70 bits per heavy atom. The number of rotatable bonds is 6. The molecule has 0 aliphatic heterocycles. The Morgan fingerprint density at radius 3 is 2.10 bits per heavy atom. The Kier molecular flexibility index (Phi) is 4.73. The van der Waals surface area contributed by atoms with Gasteiger partial charge in [0.1, 0.15) is 18.8 Å². The number of amides is 3. The van der Waals surface area contributed by atoms with Crippen LogP contribution in [0, 0.1) is 0 Å². The van der Waals surface area contributed by atoms with E-state index in [1.807, 2.05) is 13.8 Å². The number of aromatic nitrogens is 1. The van der Waals surface area contributed by atoms with Crippen LogP contribution in [0.2, 0.25) is 0 Å². The topological polar surface area (TPSA) is 137 Å². The van der Waals surface area contributed by atoms with Gasteiger partial charge in [0.2, 0.25) is 11.8 Å². The van der Waals surface area contributed by atoms with E-state index < -0.39 is 17.7 Å². The maximum absolute atomic E-state index is 12.4. The second-order valence-corrected chi connectivity index (χ2v) is 4.75. The number of hydrogen-bond donors (Lipinski definition) is 3. The molecule has 0 spiro atoms. The number of nitrogens with two attached hydrogens (primary N) is 3. The van der Waals surface area contributed by atoms with E-state index >= 15 is 0 Å². The number of primary amides is 2. The van der Waals surface area contributed by atoms with Gasteiger partial charge in [0.15, 0.2) is 0 Å². The Hall–Kier alpha value is -2.51. The molecule has 1 rings (SSSR count). The van der Waals surface area contributed by atoms with Crippen molar-refractivity contribution in [3.63, 3.8) is 0 Å². The van der Waals surface area contributed by atoms with Gasteiger partial charge in [-0.2, -0.15) is 0 Å². The fourth-order valence-electron chi connectivity index (χ4n) is 1.84. The molecule has 0 atom stereocenters. The minimum absolute atomic E-state index is 0.00439. The van der Waals surface area contributed by atoms with E-state index in [0.29, 0.717) is 5.69 Å². The van der Waals surface area contributed by atoms with Crippen LogP contribution in [0.3, 0.4) is 0 Å². The highest BCUT2D eigenvalue weighted by Gasteiger charge is 2.23. The van der Waals surface area contributed by atoms with Crippen molar-refractivity contribution in [2.45, 2.75) is 19.9 Å². The van der Waals surface area contributed by atoms with Crippen LogP contribution in [0.25, 0.3) is 0 Å². The number of anilines is 1. The molecule has 1 heterocycles. The van der Waals surface area contributed by atoms with Gasteiger partial charge >= 0.3 is 0 Å². The standard InChI is InChI=1S/C12H19N5O3/c1-7(2)17-4-8(13)3-9(17)12(20)16(5-10(14)18)6-11(15)19/h3-4,7H,5-6,13H2,1-2H3,(H2,14,18)(H2,15,19). The molecule has 0 aliphatic rings. The summed E-state index contributed by atoms with van der Waals surface area (Å²) >= 11 is 0. The number of nitrogens with zero attached hydrogens (tertiary/aromatic N) is 2. The van der Waals surface area contributed by atoms with Crippen molar-refractivity contribution in [3.8, 4) is 0 Å². The van der Waals surface area contributed by atoms with Crippen molar-refractivity contribution in [2.24, 2.45) is 11.5 Å². The lowest BCUT2D eigenvalue weighted by atomic mass is 10.3. The summed E-state index contributed by atoms with van der Waals surface area (Å²) in [6.07, 6.45) is 1.62. The van der Waals surface area contributed by atoms with E-state index in [9.17, 15) is 14.4 Å². The zero-order valence-corrected chi connectivity index (χ0v) is 11.5. The summed E-state index contributed by atoms with van der Waals surface area (Å²) in [6.45, 7) is 2.99. The van der Waals surface area contributed by atoms with Crippen LogP contribution >= 0.6 is 0 Å². The van der Waals surface area contributed by atoms with E-state index in [4.69, 9.17) is 17.2 Å². The monoisotopic (exact) mass is 281 g/mol. The molecule has 0 aromatic carbocycles. The van der Waals surface area contributed by atoms with Crippen molar-refractivity contribution in [1.82, 2.24) is 9.47 Å². The molecular weight excluding hydrogens is 262 g/mol. The molecule has 3 amide bonds. The number of carbonyl (C=O) groups excluding carboxylic acids is 3. The smallest absolute Gasteiger partial charge is 0.271 e. The normalized spacial score (nSPS) is 10.6. The first-order valence-electron chi connectivity index (χ1n) is 6.05. The van der Waals surface area contributed by atoms with Crippen molar-refractivity contribution in [1.29, 1.82) is 0 Å². The second kappa shape index (κ2) is 6.09. The predicted molar refractivity (Wildman–Crippen MR) is 73.5 cm³/mol. The lowest BCUT2D eigenvalue weighted by Gasteiger charge is -2.21. The molecule has 1 aromatic heterocycles. The summed E-state index contributed by atoms with van der Waals surface area (Å²) in [7, 11) is 0. The fourth-order valence-corrected chi connectivity index (χ4v) is 1.84. The third-order valence-corrected chi connectivity index (χ3v) is 2.63. The van der Waals surface area contributed by atoms with Crippen LogP contribution in [0.4, 0.5) is 5.69 Å². The Balaban J connectivity index is 3.11. The molecule has 0 fully saturated rings. The fraction of sp³-hybridized carbons (Fsp3) is 0.417. The molecule has 110 valence electrons. The van der Waals surface area contributed by atoms with Gasteiger partial charge in [0, 0.05) is 12.2 Å². The summed E-state index contributed by atoms with van der Waals surface area (Å²) in [5, 5.41) is 0.